The van der Waals surface area contributed by atoms with Crippen molar-refractivity contribution in [2.24, 2.45) is 0 Å². The predicted octanol–water partition coefficient (Wildman–Crippen LogP) is 3.07. The van der Waals surface area contributed by atoms with E-state index in [0.717, 1.165) is 24.5 Å². The third kappa shape index (κ3) is 3.64. The minimum atomic E-state index is -3.90. The fourth-order valence-electron chi connectivity index (χ4n) is 2.13. The van der Waals surface area contributed by atoms with E-state index < -0.39 is 22.4 Å². The molecule has 0 aliphatic rings. The molecule has 0 radical (unpaired) electrons. The van der Waals surface area contributed by atoms with Crippen molar-refractivity contribution in [2.75, 3.05) is 4.72 Å². The third-order valence-corrected chi connectivity index (χ3v) is 4.64. The van der Waals surface area contributed by atoms with Crippen molar-refractivity contribution in [1.82, 2.24) is 0 Å². The second kappa shape index (κ2) is 6.89. The molecule has 0 saturated carbocycles. The van der Waals surface area contributed by atoms with Crippen LogP contribution in [-0.2, 0) is 23.1 Å². The number of para-hydroxylation sites is 1. The first kappa shape index (κ1) is 16.5. The molecule has 0 atom stereocenters. The first-order valence-corrected chi connectivity index (χ1v) is 8.46. The highest BCUT2D eigenvalue weighted by atomic mass is 32.2. The van der Waals surface area contributed by atoms with Gasteiger partial charge in [-0.25, -0.2) is 12.8 Å². The molecular weight excluding hydrogens is 305 g/mol. The first-order valence-electron chi connectivity index (χ1n) is 6.98. The number of benzene rings is 2. The summed E-state index contributed by atoms with van der Waals surface area (Å²) < 4.78 is 40.7. The minimum absolute atomic E-state index is 0.0551. The van der Waals surface area contributed by atoms with Crippen LogP contribution in [0.4, 0.5) is 10.1 Å². The highest BCUT2D eigenvalue weighted by Gasteiger charge is 2.18. The van der Waals surface area contributed by atoms with Crippen molar-refractivity contribution in [3.63, 3.8) is 0 Å². The average molecular weight is 323 g/mol. The Morgan fingerprint density at radius 3 is 2.41 bits per heavy atom. The lowest BCUT2D eigenvalue weighted by molar-refractivity contribution is 0.282. The van der Waals surface area contributed by atoms with Gasteiger partial charge in [-0.05, 0) is 30.2 Å². The second-order valence-corrected chi connectivity index (χ2v) is 6.61. The molecule has 0 unspecified atom stereocenters. The van der Waals surface area contributed by atoms with Crippen LogP contribution in [0, 0.1) is 5.82 Å². The second-order valence-electron chi connectivity index (χ2n) is 4.93. The molecule has 2 aromatic rings. The van der Waals surface area contributed by atoms with Gasteiger partial charge >= 0.3 is 0 Å². The lowest BCUT2D eigenvalue weighted by Crippen LogP contribution is -2.15. The highest BCUT2D eigenvalue weighted by Crippen LogP contribution is 2.24. The average Bonchev–Trinajstić information content (AvgIpc) is 2.50. The van der Waals surface area contributed by atoms with E-state index in [1.807, 2.05) is 6.92 Å². The van der Waals surface area contributed by atoms with Gasteiger partial charge in [0.05, 0.1) is 17.2 Å². The molecule has 0 aliphatic carbocycles. The molecule has 118 valence electrons. The van der Waals surface area contributed by atoms with Crippen LogP contribution in [0.25, 0.3) is 0 Å². The van der Waals surface area contributed by atoms with Crippen LogP contribution in [-0.4, -0.2) is 13.5 Å². The molecule has 0 aromatic heterocycles. The number of aliphatic hydroxyl groups is 1. The number of aliphatic hydroxyl groups excluding tert-OH is 1. The van der Waals surface area contributed by atoms with E-state index in [1.165, 1.54) is 24.3 Å². The monoisotopic (exact) mass is 323 g/mol. The van der Waals surface area contributed by atoms with E-state index in [-0.39, 0.29) is 16.1 Å². The van der Waals surface area contributed by atoms with Gasteiger partial charge in [0.15, 0.2) is 0 Å². The van der Waals surface area contributed by atoms with Crippen molar-refractivity contribution >= 4 is 15.7 Å². The van der Waals surface area contributed by atoms with Crippen molar-refractivity contribution in [1.29, 1.82) is 0 Å². The zero-order chi connectivity index (χ0) is 16.2. The zero-order valence-corrected chi connectivity index (χ0v) is 13.0. The van der Waals surface area contributed by atoms with Crippen molar-refractivity contribution in [2.45, 2.75) is 31.3 Å². The van der Waals surface area contributed by atoms with E-state index in [0.29, 0.717) is 0 Å². The summed E-state index contributed by atoms with van der Waals surface area (Å²) in [6.45, 7) is 1.59. The van der Waals surface area contributed by atoms with Crippen molar-refractivity contribution < 1.29 is 17.9 Å². The topological polar surface area (TPSA) is 66.4 Å². The Labute approximate surface area is 129 Å². The normalized spacial score (nSPS) is 11.4. The predicted molar refractivity (Wildman–Crippen MR) is 83.6 cm³/mol. The number of sulfonamides is 1. The summed E-state index contributed by atoms with van der Waals surface area (Å²) in [6, 6.07) is 10.5. The SMILES string of the molecule is CCCc1ccc(S(=O)(=O)Nc2c(F)cccc2CO)cc1. The summed E-state index contributed by atoms with van der Waals surface area (Å²) in [5.41, 5.74) is 1.01. The van der Waals surface area contributed by atoms with E-state index in [2.05, 4.69) is 4.72 Å². The van der Waals surface area contributed by atoms with Gasteiger partial charge in [0.2, 0.25) is 0 Å². The Balaban J connectivity index is 2.32. The van der Waals surface area contributed by atoms with Crippen LogP contribution in [0.1, 0.15) is 24.5 Å². The van der Waals surface area contributed by atoms with E-state index in [9.17, 15) is 17.9 Å². The van der Waals surface area contributed by atoms with Crippen LogP contribution in [0.3, 0.4) is 0 Å². The maximum atomic E-state index is 13.8. The number of halogens is 1. The molecule has 0 amide bonds. The molecule has 0 aliphatic heterocycles. The fourth-order valence-corrected chi connectivity index (χ4v) is 3.24. The lowest BCUT2D eigenvalue weighted by Gasteiger charge is -2.12. The van der Waals surface area contributed by atoms with Gasteiger partial charge in [0, 0.05) is 5.56 Å². The molecule has 0 fully saturated rings. The standard InChI is InChI=1S/C16H18FNO3S/c1-2-4-12-7-9-14(10-8-12)22(20,21)18-16-13(11-19)5-3-6-15(16)17/h3,5-10,18-19H,2,4,11H2,1H3. The largest absolute Gasteiger partial charge is 0.392 e. The molecule has 4 nitrogen and oxygen atoms in total. The Morgan fingerprint density at radius 2 is 1.82 bits per heavy atom. The number of anilines is 1. The summed E-state index contributed by atoms with van der Waals surface area (Å²) in [7, 11) is -3.90. The number of rotatable bonds is 6. The number of nitrogens with one attached hydrogen (secondary N) is 1. The molecule has 0 saturated heterocycles. The Hall–Kier alpha value is -1.92. The summed E-state index contributed by atoms with van der Waals surface area (Å²) in [6.07, 6.45) is 1.84. The third-order valence-electron chi connectivity index (χ3n) is 3.28. The molecule has 0 spiro atoms. The molecule has 2 N–H and O–H groups in total. The molecule has 0 heterocycles. The van der Waals surface area contributed by atoms with Gasteiger partial charge in [-0.1, -0.05) is 37.6 Å². The molecule has 2 aromatic carbocycles. The Bertz CT molecular complexity index is 742. The lowest BCUT2D eigenvalue weighted by atomic mass is 10.1. The van der Waals surface area contributed by atoms with E-state index in [4.69, 9.17) is 0 Å². The smallest absolute Gasteiger partial charge is 0.261 e. The van der Waals surface area contributed by atoms with Crippen LogP contribution in [0.2, 0.25) is 0 Å². The van der Waals surface area contributed by atoms with Crippen molar-refractivity contribution in [3.8, 4) is 0 Å². The van der Waals surface area contributed by atoms with Gasteiger partial charge in [-0.2, -0.15) is 0 Å². The fraction of sp³-hybridized carbons (Fsp3) is 0.250. The van der Waals surface area contributed by atoms with Gasteiger partial charge in [-0.3, -0.25) is 4.72 Å². The number of hydrogen-bond donors (Lipinski definition) is 2. The quantitative estimate of drug-likeness (QED) is 0.858. The summed E-state index contributed by atoms with van der Waals surface area (Å²) >= 11 is 0. The number of hydrogen-bond acceptors (Lipinski definition) is 3. The van der Waals surface area contributed by atoms with Gasteiger partial charge in [-0.15, -0.1) is 0 Å². The highest BCUT2D eigenvalue weighted by molar-refractivity contribution is 7.92. The van der Waals surface area contributed by atoms with Gasteiger partial charge in [0.1, 0.15) is 5.82 Å². The first-order chi connectivity index (χ1) is 10.5. The molecule has 0 bridgehead atoms. The minimum Gasteiger partial charge on any atom is -0.392 e. The van der Waals surface area contributed by atoms with Gasteiger partial charge < -0.3 is 5.11 Å². The maximum Gasteiger partial charge on any atom is 0.261 e. The summed E-state index contributed by atoms with van der Waals surface area (Å²) in [5.74, 6) is -0.724. The molecule has 6 heteroatoms. The number of aryl methyl sites for hydroxylation is 1. The molecular formula is C16H18FNO3S. The zero-order valence-electron chi connectivity index (χ0n) is 12.2. The molecule has 22 heavy (non-hydrogen) atoms. The van der Waals surface area contributed by atoms with Crippen LogP contribution in [0.5, 0.6) is 0 Å². The summed E-state index contributed by atoms with van der Waals surface area (Å²) in [4.78, 5) is 0.0551. The van der Waals surface area contributed by atoms with Crippen LogP contribution in [0.15, 0.2) is 47.4 Å². The van der Waals surface area contributed by atoms with Crippen molar-refractivity contribution in [3.05, 3.63) is 59.4 Å². The van der Waals surface area contributed by atoms with E-state index >= 15 is 0 Å². The Morgan fingerprint density at radius 1 is 1.14 bits per heavy atom. The van der Waals surface area contributed by atoms with Crippen LogP contribution >= 0.6 is 0 Å². The van der Waals surface area contributed by atoms with E-state index in [1.54, 1.807) is 12.1 Å². The summed E-state index contributed by atoms with van der Waals surface area (Å²) in [5, 5.41) is 9.20. The van der Waals surface area contributed by atoms with Crippen LogP contribution < -0.4 is 4.72 Å². The van der Waals surface area contributed by atoms with Gasteiger partial charge in [0.25, 0.3) is 10.0 Å². The molecule has 2 rings (SSSR count). The maximum absolute atomic E-state index is 13.8. The Kier molecular flexibility index (Phi) is 5.15.